The van der Waals surface area contributed by atoms with Crippen LogP contribution >= 0.6 is 0 Å². The number of ether oxygens (including phenoxy) is 1. The lowest BCUT2D eigenvalue weighted by molar-refractivity contribution is 0.461. The Morgan fingerprint density at radius 3 is 2.32 bits per heavy atom. The second-order valence-electron chi connectivity index (χ2n) is 6.69. The minimum Gasteiger partial charge on any atom is -0.439 e. The standard InChI is InChI=1S/C21H18FN5O3S/c1-14-15(2)27(13-25-14)20-11-21(24-12-23-20)30-18-7-5-17(6-8-18)26-31(28,29)19-9-3-16(22)4-10-19/h3-13,26H,1-2H3. The van der Waals surface area contributed by atoms with Gasteiger partial charge in [0, 0.05) is 17.4 Å². The van der Waals surface area contributed by atoms with Crippen LogP contribution in [0.1, 0.15) is 11.4 Å². The van der Waals surface area contributed by atoms with Crippen molar-refractivity contribution in [2.75, 3.05) is 4.72 Å². The molecule has 0 bridgehead atoms. The molecule has 0 atom stereocenters. The van der Waals surface area contributed by atoms with Crippen LogP contribution in [0.3, 0.4) is 0 Å². The maximum absolute atomic E-state index is 13.0. The highest BCUT2D eigenvalue weighted by Gasteiger charge is 2.14. The summed E-state index contributed by atoms with van der Waals surface area (Å²) in [6.07, 6.45) is 3.07. The lowest BCUT2D eigenvalue weighted by atomic mass is 10.3. The number of hydrogen-bond donors (Lipinski definition) is 1. The summed E-state index contributed by atoms with van der Waals surface area (Å²) in [5.74, 6) is 0.904. The summed E-state index contributed by atoms with van der Waals surface area (Å²) in [5, 5.41) is 0. The molecular weight excluding hydrogens is 421 g/mol. The summed E-state index contributed by atoms with van der Waals surface area (Å²) in [4.78, 5) is 12.6. The number of imidazole rings is 1. The van der Waals surface area contributed by atoms with Gasteiger partial charge in [-0.2, -0.15) is 0 Å². The minimum absolute atomic E-state index is 0.0345. The Kier molecular flexibility index (Phi) is 5.38. The summed E-state index contributed by atoms with van der Waals surface area (Å²) in [6, 6.07) is 12.6. The first kappa shape index (κ1) is 20.5. The van der Waals surface area contributed by atoms with E-state index in [-0.39, 0.29) is 4.90 Å². The first-order valence-corrected chi connectivity index (χ1v) is 10.7. The largest absolute Gasteiger partial charge is 0.439 e. The van der Waals surface area contributed by atoms with E-state index >= 15 is 0 Å². The molecule has 0 saturated carbocycles. The maximum Gasteiger partial charge on any atom is 0.261 e. The van der Waals surface area contributed by atoms with E-state index in [1.165, 1.54) is 18.5 Å². The van der Waals surface area contributed by atoms with Crippen LogP contribution < -0.4 is 9.46 Å². The highest BCUT2D eigenvalue weighted by molar-refractivity contribution is 7.92. The third-order valence-corrected chi connectivity index (χ3v) is 5.98. The van der Waals surface area contributed by atoms with E-state index in [1.54, 1.807) is 36.7 Å². The Balaban J connectivity index is 1.48. The number of anilines is 1. The summed E-state index contributed by atoms with van der Waals surface area (Å²) < 4.78 is 47.9. The topological polar surface area (TPSA) is 99.0 Å². The number of hydrogen-bond acceptors (Lipinski definition) is 6. The van der Waals surface area contributed by atoms with Crippen LogP contribution in [0.5, 0.6) is 11.6 Å². The van der Waals surface area contributed by atoms with Crippen molar-refractivity contribution >= 4 is 15.7 Å². The molecule has 0 aliphatic carbocycles. The molecule has 0 amide bonds. The van der Waals surface area contributed by atoms with Crippen molar-refractivity contribution in [3.63, 3.8) is 0 Å². The predicted octanol–water partition coefficient (Wildman–Crippen LogP) is 4.01. The monoisotopic (exact) mass is 439 g/mol. The van der Waals surface area contributed by atoms with E-state index in [1.807, 2.05) is 18.4 Å². The van der Waals surface area contributed by atoms with Crippen LogP contribution in [-0.4, -0.2) is 27.9 Å². The molecule has 2 aromatic heterocycles. The van der Waals surface area contributed by atoms with Crippen molar-refractivity contribution in [3.8, 4) is 17.4 Å². The van der Waals surface area contributed by atoms with Crippen LogP contribution in [0.25, 0.3) is 5.82 Å². The number of benzene rings is 2. The van der Waals surface area contributed by atoms with Gasteiger partial charge >= 0.3 is 0 Å². The SMILES string of the molecule is Cc1ncn(-c2cc(Oc3ccc(NS(=O)(=O)c4ccc(F)cc4)cc3)ncn2)c1C. The van der Waals surface area contributed by atoms with Gasteiger partial charge in [-0.3, -0.25) is 9.29 Å². The Labute approximate surface area is 178 Å². The second kappa shape index (κ2) is 8.15. The molecule has 0 spiro atoms. The fourth-order valence-electron chi connectivity index (χ4n) is 2.79. The van der Waals surface area contributed by atoms with E-state index in [0.717, 1.165) is 23.5 Å². The minimum atomic E-state index is -3.83. The van der Waals surface area contributed by atoms with Crippen LogP contribution in [-0.2, 0) is 10.0 Å². The smallest absolute Gasteiger partial charge is 0.261 e. The summed E-state index contributed by atoms with van der Waals surface area (Å²) in [7, 11) is -3.83. The van der Waals surface area contributed by atoms with Gasteiger partial charge in [0.15, 0.2) is 0 Å². The normalized spacial score (nSPS) is 11.3. The molecule has 10 heteroatoms. The molecule has 2 heterocycles. The van der Waals surface area contributed by atoms with E-state index in [4.69, 9.17) is 4.74 Å². The molecule has 4 rings (SSSR count). The van der Waals surface area contributed by atoms with Gasteiger partial charge in [0.1, 0.15) is 30.0 Å². The van der Waals surface area contributed by atoms with Crippen molar-refractivity contribution < 1.29 is 17.5 Å². The quantitative estimate of drug-likeness (QED) is 0.487. The third-order valence-electron chi connectivity index (χ3n) is 4.58. The first-order chi connectivity index (χ1) is 14.8. The maximum atomic E-state index is 13.0. The van der Waals surface area contributed by atoms with Gasteiger partial charge in [0.2, 0.25) is 5.88 Å². The molecule has 2 aromatic carbocycles. The lowest BCUT2D eigenvalue weighted by Crippen LogP contribution is -2.12. The number of nitrogens with one attached hydrogen (secondary N) is 1. The van der Waals surface area contributed by atoms with E-state index in [0.29, 0.717) is 23.1 Å². The van der Waals surface area contributed by atoms with Gasteiger partial charge in [-0.05, 0) is 62.4 Å². The van der Waals surface area contributed by atoms with E-state index < -0.39 is 15.8 Å². The number of halogens is 1. The average Bonchev–Trinajstić information content (AvgIpc) is 3.08. The van der Waals surface area contributed by atoms with E-state index in [9.17, 15) is 12.8 Å². The van der Waals surface area contributed by atoms with Gasteiger partial charge in [0.05, 0.1) is 10.6 Å². The molecule has 0 fully saturated rings. The Morgan fingerprint density at radius 1 is 0.968 bits per heavy atom. The number of sulfonamides is 1. The summed E-state index contributed by atoms with van der Waals surface area (Å²) in [5.41, 5.74) is 2.20. The number of aromatic nitrogens is 4. The van der Waals surface area contributed by atoms with Crippen molar-refractivity contribution in [1.82, 2.24) is 19.5 Å². The molecule has 0 radical (unpaired) electrons. The van der Waals surface area contributed by atoms with Gasteiger partial charge in [-0.15, -0.1) is 0 Å². The predicted molar refractivity (Wildman–Crippen MR) is 112 cm³/mol. The molecule has 1 N–H and O–H groups in total. The molecule has 0 aliphatic heterocycles. The Bertz CT molecular complexity index is 1320. The third kappa shape index (κ3) is 4.53. The van der Waals surface area contributed by atoms with Gasteiger partial charge in [-0.25, -0.2) is 27.8 Å². The molecule has 0 saturated heterocycles. The molecule has 0 aliphatic rings. The van der Waals surface area contributed by atoms with Crippen molar-refractivity contribution in [3.05, 3.63) is 84.5 Å². The van der Waals surface area contributed by atoms with Crippen LogP contribution in [0.2, 0.25) is 0 Å². The molecule has 8 nitrogen and oxygen atoms in total. The van der Waals surface area contributed by atoms with Gasteiger partial charge in [0.25, 0.3) is 10.0 Å². The molecule has 4 aromatic rings. The van der Waals surface area contributed by atoms with E-state index in [2.05, 4.69) is 19.7 Å². The zero-order valence-corrected chi connectivity index (χ0v) is 17.5. The van der Waals surface area contributed by atoms with Gasteiger partial charge < -0.3 is 4.74 Å². The zero-order chi connectivity index (χ0) is 22.0. The van der Waals surface area contributed by atoms with Crippen molar-refractivity contribution in [2.45, 2.75) is 18.7 Å². The highest BCUT2D eigenvalue weighted by Crippen LogP contribution is 2.24. The highest BCUT2D eigenvalue weighted by atomic mass is 32.2. The number of nitrogens with zero attached hydrogens (tertiary/aromatic N) is 4. The lowest BCUT2D eigenvalue weighted by Gasteiger charge is -2.10. The van der Waals surface area contributed by atoms with Crippen LogP contribution in [0.4, 0.5) is 10.1 Å². The summed E-state index contributed by atoms with van der Waals surface area (Å²) >= 11 is 0. The van der Waals surface area contributed by atoms with Gasteiger partial charge in [-0.1, -0.05) is 0 Å². The molecular formula is C21H18FN5O3S. The fraction of sp³-hybridized carbons (Fsp3) is 0.0952. The summed E-state index contributed by atoms with van der Waals surface area (Å²) in [6.45, 7) is 3.85. The fourth-order valence-corrected chi connectivity index (χ4v) is 3.85. The van der Waals surface area contributed by atoms with Crippen LogP contribution in [0.15, 0.2) is 72.1 Å². The average molecular weight is 439 g/mol. The second-order valence-corrected chi connectivity index (χ2v) is 8.37. The zero-order valence-electron chi connectivity index (χ0n) is 16.7. The molecule has 31 heavy (non-hydrogen) atoms. The van der Waals surface area contributed by atoms with Crippen molar-refractivity contribution in [2.24, 2.45) is 0 Å². The Hall–Kier alpha value is -3.79. The number of aryl methyl sites for hydroxylation is 1. The molecule has 158 valence electrons. The van der Waals surface area contributed by atoms with Crippen LogP contribution in [0, 0.1) is 19.7 Å². The van der Waals surface area contributed by atoms with Crippen molar-refractivity contribution in [1.29, 1.82) is 0 Å². The Morgan fingerprint density at radius 2 is 1.68 bits per heavy atom. The first-order valence-electron chi connectivity index (χ1n) is 9.21. The molecule has 0 unspecified atom stereocenters. The number of rotatable bonds is 6.